The van der Waals surface area contributed by atoms with Crippen LogP contribution < -0.4 is 9.47 Å². The summed E-state index contributed by atoms with van der Waals surface area (Å²) in [5.41, 5.74) is 0.763. The van der Waals surface area contributed by atoms with Crippen LogP contribution in [0.4, 0.5) is 0 Å². The molecule has 0 aliphatic carbocycles. The molecule has 5 nitrogen and oxygen atoms in total. The lowest BCUT2D eigenvalue weighted by Crippen LogP contribution is -2.10. The summed E-state index contributed by atoms with van der Waals surface area (Å²) in [5, 5.41) is 8.51. The van der Waals surface area contributed by atoms with Crippen LogP contribution in [0.25, 0.3) is 6.08 Å². The zero-order chi connectivity index (χ0) is 14.3. The van der Waals surface area contributed by atoms with Crippen molar-refractivity contribution in [2.24, 2.45) is 0 Å². The largest absolute Gasteiger partial charge is 0.493 e. The Hall–Kier alpha value is -2.48. The number of nitrogens with zero attached hydrogens (tertiary/aromatic N) is 1. The van der Waals surface area contributed by atoms with Gasteiger partial charge in [-0.2, -0.15) is 5.26 Å². The molecule has 0 saturated carbocycles. The van der Waals surface area contributed by atoms with E-state index in [9.17, 15) is 4.79 Å². The Balaban J connectivity index is 2.77. The van der Waals surface area contributed by atoms with Crippen molar-refractivity contribution >= 4 is 12.0 Å². The van der Waals surface area contributed by atoms with Crippen molar-refractivity contribution in [1.82, 2.24) is 0 Å². The normalized spacial score (nSPS) is 11.7. The maximum Gasteiger partial charge on any atom is 0.332 e. The molecule has 100 valence electrons. The Morgan fingerprint density at radius 3 is 2.58 bits per heavy atom. The van der Waals surface area contributed by atoms with Crippen molar-refractivity contribution < 1.29 is 19.0 Å². The monoisotopic (exact) mass is 261 g/mol. The average Bonchev–Trinajstić information content (AvgIpc) is 2.44. The van der Waals surface area contributed by atoms with Crippen LogP contribution >= 0.6 is 0 Å². The van der Waals surface area contributed by atoms with E-state index in [1.54, 1.807) is 31.4 Å². The highest BCUT2D eigenvalue weighted by atomic mass is 16.5. The van der Waals surface area contributed by atoms with Gasteiger partial charge in [0, 0.05) is 6.08 Å². The average molecular weight is 261 g/mol. The molecule has 0 bridgehead atoms. The lowest BCUT2D eigenvalue weighted by Gasteiger charge is -2.07. The minimum atomic E-state index is -0.762. The SMILES string of the molecule is COc1ccc(/C=C/C(=O)O[C@H](C)C#N)cc1OC. The number of methoxy groups -OCH3 is 2. The van der Waals surface area contributed by atoms with Gasteiger partial charge in [0.2, 0.25) is 0 Å². The number of nitriles is 1. The number of ether oxygens (including phenoxy) is 3. The molecule has 0 aliphatic rings. The van der Waals surface area contributed by atoms with E-state index in [-0.39, 0.29) is 0 Å². The number of carbonyl (C=O) groups is 1. The van der Waals surface area contributed by atoms with Crippen molar-refractivity contribution in [2.75, 3.05) is 14.2 Å². The third-order valence-electron chi connectivity index (χ3n) is 2.29. The van der Waals surface area contributed by atoms with Crippen LogP contribution in [0.15, 0.2) is 24.3 Å². The van der Waals surface area contributed by atoms with Gasteiger partial charge >= 0.3 is 5.97 Å². The molecule has 0 aromatic heterocycles. The second kappa shape index (κ2) is 7.07. The summed E-state index contributed by atoms with van der Waals surface area (Å²) in [7, 11) is 3.09. The Morgan fingerprint density at radius 2 is 2.00 bits per heavy atom. The minimum absolute atomic E-state index is 0.566. The van der Waals surface area contributed by atoms with Gasteiger partial charge in [0.15, 0.2) is 17.6 Å². The first kappa shape index (κ1) is 14.6. The molecule has 0 aliphatic heterocycles. The summed E-state index contributed by atoms with van der Waals surface area (Å²) in [6.45, 7) is 1.50. The fourth-order valence-electron chi connectivity index (χ4n) is 1.36. The van der Waals surface area contributed by atoms with Crippen molar-refractivity contribution in [1.29, 1.82) is 5.26 Å². The topological polar surface area (TPSA) is 68.5 Å². The zero-order valence-corrected chi connectivity index (χ0v) is 11.0. The molecule has 1 aromatic carbocycles. The Labute approximate surface area is 112 Å². The molecule has 0 heterocycles. The highest BCUT2D eigenvalue weighted by molar-refractivity contribution is 5.87. The van der Waals surface area contributed by atoms with Gasteiger partial charge in [-0.1, -0.05) is 6.07 Å². The van der Waals surface area contributed by atoms with Gasteiger partial charge in [-0.05, 0) is 30.7 Å². The van der Waals surface area contributed by atoms with E-state index < -0.39 is 12.1 Å². The second-order valence-electron chi connectivity index (χ2n) is 3.66. The first-order valence-electron chi connectivity index (χ1n) is 5.61. The van der Waals surface area contributed by atoms with Crippen LogP contribution in [0, 0.1) is 11.3 Å². The fraction of sp³-hybridized carbons (Fsp3) is 0.286. The molecule has 5 heteroatoms. The summed E-state index contributed by atoms with van der Waals surface area (Å²) in [6, 6.07) is 7.06. The molecule has 1 atom stereocenters. The van der Waals surface area contributed by atoms with Gasteiger partial charge in [0.25, 0.3) is 0 Å². The molecule has 0 saturated heterocycles. The van der Waals surface area contributed by atoms with E-state index in [1.165, 1.54) is 20.1 Å². The van der Waals surface area contributed by atoms with E-state index >= 15 is 0 Å². The number of benzene rings is 1. The van der Waals surface area contributed by atoms with Crippen LogP contribution in [0.5, 0.6) is 11.5 Å². The quantitative estimate of drug-likeness (QED) is 0.600. The molecule has 19 heavy (non-hydrogen) atoms. The number of rotatable bonds is 5. The van der Waals surface area contributed by atoms with Gasteiger partial charge in [0.05, 0.1) is 14.2 Å². The number of hydrogen-bond acceptors (Lipinski definition) is 5. The van der Waals surface area contributed by atoms with E-state index in [0.717, 1.165) is 5.56 Å². The summed E-state index contributed by atoms with van der Waals surface area (Å²) in [5.74, 6) is 0.618. The molecule has 0 unspecified atom stereocenters. The van der Waals surface area contributed by atoms with Gasteiger partial charge in [-0.15, -0.1) is 0 Å². The molecule has 0 radical (unpaired) electrons. The molecule has 0 fully saturated rings. The van der Waals surface area contributed by atoms with Crippen molar-refractivity contribution in [3.05, 3.63) is 29.8 Å². The Morgan fingerprint density at radius 1 is 1.32 bits per heavy atom. The lowest BCUT2D eigenvalue weighted by molar-refractivity contribution is -0.139. The third-order valence-corrected chi connectivity index (χ3v) is 2.29. The summed E-state index contributed by atoms with van der Waals surface area (Å²) < 4.78 is 15.0. The molecular formula is C14H15NO4. The second-order valence-corrected chi connectivity index (χ2v) is 3.66. The molecule has 0 spiro atoms. The van der Waals surface area contributed by atoms with Crippen LogP contribution in [-0.2, 0) is 9.53 Å². The van der Waals surface area contributed by atoms with Gasteiger partial charge in [0.1, 0.15) is 6.07 Å². The summed E-state index contributed by atoms with van der Waals surface area (Å²) >= 11 is 0. The third kappa shape index (κ3) is 4.36. The van der Waals surface area contributed by atoms with Crippen LogP contribution in [-0.4, -0.2) is 26.3 Å². The number of carbonyl (C=O) groups excluding carboxylic acids is 1. The molecule has 0 N–H and O–H groups in total. The van der Waals surface area contributed by atoms with Gasteiger partial charge in [-0.25, -0.2) is 4.79 Å². The minimum Gasteiger partial charge on any atom is -0.493 e. The highest BCUT2D eigenvalue weighted by Gasteiger charge is 2.05. The predicted octanol–water partition coefficient (Wildman–Crippen LogP) is 2.17. The van der Waals surface area contributed by atoms with E-state index in [1.807, 2.05) is 6.07 Å². The maximum atomic E-state index is 11.3. The predicted molar refractivity (Wildman–Crippen MR) is 69.7 cm³/mol. The first-order chi connectivity index (χ1) is 9.10. The van der Waals surface area contributed by atoms with Crippen molar-refractivity contribution in [3.8, 4) is 17.6 Å². The zero-order valence-electron chi connectivity index (χ0n) is 11.0. The smallest absolute Gasteiger partial charge is 0.332 e. The van der Waals surface area contributed by atoms with E-state index in [4.69, 9.17) is 19.5 Å². The lowest BCUT2D eigenvalue weighted by atomic mass is 10.2. The van der Waals surface area contributed by atoms with Crippen LogP contribution in [0.3, 0.4) is 0 Å². The maximum absolute atomic E-state index is 11.3. The number of esters is 1. The van der Waals surface area contributed by atoms with Crippen LogP contribution in [0.1, 0.15) is 12.5 Å². The van der Waals surface area contributed by atoms with E-state index in [0.29, 0.717) is 11.5 Å². The molecule has 1 rings (SSSR count). The van der Waals surface area contributed by atoms with Crippen molar-refractivity contribution in [2.45, 2.75) is 13.0 Å². The van der Waals surface area contributed by atoms with Crippen LogP contribution in [0.2, 0.25) is 0 Å². The van der Waals surface area contributed by atoms with Gasteiger partial charge < -0.3 is 14.2 Å². The molecule has 0 amide bonds. The van der Waals surface area contributed by atoms with Crippen molar-refractivity contribution in [3.63, 3.8) is 0 Å². The standard InChI is InChI=1S/C14H15NO4/c1-10(9-15)19-14(16)7-5-11-4-6-12(17-2)13(8-11)18-3/h4-8,10H,1-3H3/b7-5+/t10-/m1/s1. The molecule has 1 aromatic rings. The summed E-state index contributed by atoms with van der Waals surface area (Å²) in [4.78, 5) is 11.3. The first-order valence-corrected chi connectivity index (χ1v) is 5.61. The number of hydrogen-bond donors (Lipinski definition) is 0. The van der Waals surface area contributed by atoms with Gasteiger partial charge in [-0.3, -0.25) is 0 Å². The summed E-state index contributed by atoms with van der Waals surface area (Å²) in [6.07, 6.45) is 2.08. The van der Waals surface area contributed by atoms with E-state index in [2.05, 4.69) is 0 Å². The Bertz CT molecular complexity index is 517. The Kier molecular flexibility index (Phi) is 5.42. The molecular weight excluding hydrogens is 246 g/mol. The fourth-order valence-corrected chi connectivity index (χ4v) is 1.36. The highest BCUT2D eigenvalue weighted by Crippen LogP contribution is 2.27.